The normalized spacial score (nSPS) is 12.0. The highest BCUT2D eigenvalue weighted by Crippen LogP contribution is 2.38. The second-order valence-corrected chi connectivity index (χ2v) is 42.2. The summed E-state index contributed by atoms with van der Waals surface area (Å²) in [6, 6.07) is 26.0. The van der Waals surface area contributed by atoms with Crippen LogP contribution in [0.2, 0.25) is 20.1 Å². The Labute approximate surface area is 698 Å². The van der Waals surface area contributed by atoms with Gasteiger partial charge in [-0.2, -0.15) is 39.5 Å². The number of nitro benzene ring substituents is 1. The van der Waals surface area contributed by atoms with Gasteiger partial charge in [0.1, 0.15) is 53.4 Å². The lowest BCUT2D eigenvalue weighted by Gasteiger charge is -2.14. The summed E-state index contributed by atoms with van der Waals surface area (Å²) in [5.41, 5.74) is -1.16. The van der Waals surface area contributed by atoms with Crippen molar-refractivity contribution in [1.82, 2.24) is 0 Å². The fourth-order valence-corrected chi connectivity index (χ4v) is 16.0. The Morgan fingerprint density at radius 3 is 1.20 bits per heavy atom. The average molecular weight is 2100 g/mol. The minimum Gasteiger partial charge on any atom is -0.484 e. The molecule has 59 heteroatoms. The zero-order chi connectivity index (χ0) is 88.9. The Bertz CT molecular complexity index is 5700. The van der Waals surface area contributed by atoms with Crippen LogP contribution in [-0.4, -0.2) is 104 Å². The van der Waals surface area contributed by atoms with Crippen molar-refractivity contribution >= 4 is 232 Å². The molecule has 0 aliphatic carbocycles. The lowest BCUT2D eigenvalue weighted by Crippen LogP contribution is -2.20. The van der Waals surface area contributed by atoms with Crippen molar-refractivity contribution in [3.8, 4) is 17.2 Å². The van der Waals surface area contributed by atoms with Gasteiger partial charge in [0.25, 0.3) is 78.1 Å². The van der Waals surface area contributed by atoms with Gasteiger partial charge in [0.05, 0.1) is 36.9 Å². The summed E-state index contributed by atoms with van der Waals surface area (Å²) in [5.74, 6) is -4.83. The number of alkyl halides is 12. The molecule has 630 valence electrons. The van der Waals surface area contributed by atoms with E-state index in [1.807, 2.05) is 0 Å². The molecule has 0 amide bonds. The molecule has 8 rings (SSSR count). The molecule has 0 unspecified atom stereocenters. The van der Waals surface area contributed by atoms with E-state index in [4.69, 9.17) is 138 Å². The molecule has 0 aliphatic rings. The Balaban J connectivity index is 0.000000657. The minimum absolute atomic E-state index is 0.0107. The summed E-state index contributed by atoms with van der Waals surface area (Å²) in [4.78, 5) is 8.87. The van der Waals surface area contributed by atoms with Gasteiger partial charge in [-0.1, -0.05) is 98.7 Å². The molecule has 0 aliphatic heterocycles. The van der Waals surface area contributed by atoms with Gasteiger partial charge in [0.2, 0.25) is 0 Å². The second kappa shape index (κ2) is 43.5. The van der Waals surface area contributed by atoms with Gasteiger partial charge >= 0.3 is 24.9 Å². The van der Waals surface area contributed by atoms with E-state index in [2.05, 4.69) is 35.0 Å². The Kier molecular flexibility index (Phi) is 40.7. The third-order valence-corrected chi connectivity index (χ3v) is 23.6. The van der Waals surface area contributed by atoms with Gasteiger partial charge in [-0.15, -0.1) is 13.2 Å². The van der Waals surface area contributed by atoms with E-state index < -0.39 is 191 Å². The molecule has 0 atom stereocenters. The molecule has 0 N–H and O–H groups in total. The van der Waals surface area contributed by atoms with Crippen molar-refractivity contribution in [3.63, 3.8) is 0 Å². The zero-order valence-electron chi connectivity index (χ0n) is 53.2. The summed E-state index contributed by atoms with van der Waals surface area (Å²) >= 11 is 24.7. The topological polar surface area (TPSA) is 348 Å². The third kappa shape index (κ3) is 41.3. The quantitative estimate of drug-likeness (QED) is 0.0321. The molecule has 0 heterocycles. The van der Waals surface area contributed by atoms with Gasteiger partial charge in [0.15, 0.2) is 29.5 Å². The highest BCUT2D eigenvalue weighted by atomic mass is 79.9. The number of halogens is 28. The molecular formula is C55H30BrCl12F15N2O21S8. The maximum Gasteiger partial charge on any atom is 0.573 e. The first kappa shape index (κ1) is 107. The lowest BCUT2D eigenvalue weighted by atomic mass is 10.2. The summed E-state index contributed by atoms with van der Waals surface area (Å²) in [5, 5.41) is 10.1. The van der Waals surface area contributed by atoms with Gasteiger partial charge in [-0.05, 0) is 103 Å². The number of hydrogen-bond acceptors (Lipinski definition) is 21. The van der Waals surface area contributed by atoms with Crippen LogP contribution < -0.4 is 14.2 Å². The van der Waals surface area contributed by atoms with Crippen LogP contribution in [0.5, 0.6) is 17.2 Å². The molecule has 0 bridgehead atoms. The first-order chi connectivity index (χ1) is 51.2. The molecule has 0 radical (unpaired) electrons. The van der Waals surface area contributed by atoms with Crippen LogP contribution in [0.3, 0.4) is 0 Å². The zero-order valence-corrected chi connectivity index (χ0v) is 70.4. The van der Waals surface area contributed by atoms with E-state index in [1.54, 1.807) is 0 Å². The molecule has 0 fully saturated rings. The number of ether oxygens (including phenoxy) is 3. The average Bonchev–Trinajstić information content (AvgIpc) is 0.805. The monoisotopic (exact) mass is 2090 g/mol. The number of benzene rings is 8. The van der Waals surface area contributed by atoms with Gasteiger partial charge < -0.3 is 14.2 Å². The molecular weight excluding hydrogens is 2070 g/mol. The van der Waals surface area contributed by atoms with Crippen LogP contribution in [0, 0.1) is 34.1 Å². The highest BCUT2D eigenvalue weighted by molar-refractivity contribution is 9.10. The second-order valence-electron chi connectivity index (χ2n) is 19.3. The van der Waals surface area contributed by atoms with Crippen LogP contribution in [0.4, 0.5) is 77.2 Å². The number of nitro groups is 1. The largest absolute Gasteiger partial charge is 0.573 e. The van der Waals surface area contributed by atoms with Crippen molar-refractivity contribution in [3.05, 3.63) is 227 Å². The molecule has 114 heavy (non-hydrogen) atoms. The van der Waals surface area contributed by atoms with Crippen LogP contribution in [0.1, 0.15) is 5.56 Å². The van der Waals surface area contributed by atoms with Crippen LogP contribution in [0.25, 0.3) is 4.85 Å². The summed E-state index contributed by atoms with van der Waals surface area (Å²) in [7, 11) is 7.36. The molecule has 0 saturated carbocycles. The molecule has 0 spiro atoms. The first-order valence-corrected chi connectivity index (χ1v) is 47.6. The van der Waals surface area contributed by atoms with Crippen LogP contribution in [0.15, 0.2) is 201 Å². The van der Waals surface area contributed by atoms with E-state index >= 15 is 0 Å². The lowest BCUT2D eigenvalue weighted by molar-refractivity contribution is -0.387. The number of rotatable bonds is 14. The number of para-hydroxylation sites is 1. The first-order valence-electron chi connectivity index (χ1n) is 26.8. The fourth-order valence-electron chi connectivity index (χ4n) is 6.49. The van der Waals surface area contributed by atoms with Crippen molar-refractivity contribution < 1.29 is 152 Å². The van der Waals surface area contributed by atoms with Crippen LogP contribution >= 0.6 is 148 Å². The van der Waals surface area contributed by atoms with Gasteiger partial charge in [-0.25, -0.2) is 85.4 Å². The van der Waals surface area contributed by atoms with Crippen LogP contribution in [-0.2, 0) is 78.6 Å². The SMILES string of the molecule is O=S(=O)(Cl)c1cc(Cl)cc(Cl)c1.O=S(=O)(Cl)c1cc(OCC(F)(F)F)ccc1OCC(F)(F)F.O=S(=O)(Cl)c1ccc(Br)cc1OC(F)(F)F.O=S(=O)(Cl)c1ccc(C(F)(F)F)cc1Cl.O=S(=O)(Cl)c1ccc(F)cc1Cl.O=S(=O)(Cl)c1ccc(F)cc1F.O=[N+]([O-])c1ccccc1S(=O)(=O)Cl.[C-]#[N+]c1ccc(S(=O)(=O)Cl)cc1. The summed E-state index contributed by atoms with van der Waals surface area (Å²) in [6.07, 6.45) is -19.0. The summed E-state index contributed by atoms with van der Waals surface area (Å²) in [6.45, 7) is 3.11. The van der Waals surface area contributed by atoms with Crippen molar-refractivity contribution in [2.24, 2.45) is 0 Å². The molecule has 0 saturated heterocycles. The smallest absolute Gasteiger partial charge is 0.484 e. The Morgan fingerprint density at radius 2 is 0.825 bits per heavy atom. The fraction of sp³-hybridized carbons (Fsp3) is 0.109. The third-order valence-electron chi connectivity index (χ3n) is 10.9. The van der Waals surface area contributed by atoms with E-state index in [-0.39, 0.29) is 34.2 Å². The van der Waals surface area contributed by atoms with Crippen molar-refractivity contribution in [1.29, 1.82) is 0 Å². The number of nitrogens with zero attached hydrogens (tertiary/aromatic N) is 2. The molecule has 8 aromatic rings. The Hall–Kier alpha value is -5.44. The van der Waals surface area contributed by atoms with E-state index in [9.17, 15) is 143 Å². The van der Waals surface area contributed by atoms with Gasteiger partial charge in [-0.3, -0.25) is 10.1 Å². The standard InChI is InChI=1S/C10H7ClF6O4S.C7H3BrClF3O3S.C7H3Cl2F3O2S.C7H4ClNO2S.C6H3Cl3O2S.C6H3Cl2FO2S.C6H3ClF2O2S.C6H4ClNO4S/c11-22(18,19)8-3-6(20-4-9(12,13)14)1-2-7(8)21-5-10(15,16)17;8-4-1-2-6(16(9,13)14)5(3-4)15-7(10,11)12;8-5-3-4(7(10,11)12)1-2-6(5)15(9,13)14;1-9-6-2-4-7(5-3-6)12(8,10)11;7-4-1-5(8)3-6(2-4)12(9,10)11;7-5-3-4(9)1-2-6(5)12(8,10)11;7-12(10,11)6-2-1-4(8)3-5(6)9;7-13(11,12)6-4-2-1-3-5(6)8(9)10/h1-3H,4-5H2;1-3H;1-3H;2-5H;3*1-3H;1-4H. The summed E-state index contributed by atoms with van der Waals surface area (Å²) < 4.78 is 367. The van der Waals surface area contributed by atoms with E-state index in [1.165, 1.54) is 60.7 Å². The minimum atomic E-state index is -4.99. The predicted octanol–water partition coefficient (Wildman–Crippen LogP) is 21.0. The molecule has 0 aromatic heterocycles. The van der Waals surface area contributed by atoms with Crippen molar-refractivity contribution in [2.75, 3.05) is 13.2 Å². The van der Waals surface area contributed by atoms with Gasteiger partial charge in [0, 0.05) is 118 Å². The highest BCUT2D eigenvalue weighted by Gasteiger charge is 2.36. The Morgan fingerprint density at radius 1 is 0.412 bits per heavy atom. The molecule has 8 aromatic carbocycles. The number of hydrogen-bond donors (Lipinski definition) is 0. The predicted molar refractivity (Wildman–Crippen MR) is 391 cm³/mol. The van der Waals surface area contributed by atoms with Crippen molar-refractivity contribution in [2.45, 2.75) is 64.1 Å². The van der Waals surface area contributed by atoms with E-state index in [0.29, 0.717) is 42.1 Å². The van der Waals surface area contributed by atoms with E-state index in [0.717, 1.165) is 60.7 Å². The maximum atomic E-state index is 12.6. The molecule has 23 nitrogen and oxygen atoms in total. The maximum absolute atomic E-state index is 12.6.